The first-order valence-electron chi connectivity index (χ1n) is 11.9. The number of anilines is 1. The lowest BCUT2D eigenvalue weighted by Crippen LogP contribution is -2.57. The number of aromatic nitrogens is 5. The SMILES string of the molecule is C#CC(=O)N1CC2CCC1CC2Nc1ccc(-c2cc(-c3cnn(C)c3)cn3ncc(C#N)c23)cn1. The summed E-state index contributed by atoms with van der Waals surface area (Å²) in [7, 11) is 1.88. The monoisotopic (exact) mass is 476 g/mol. The van der Waals surface area contributed by atoms with Crippen LogP contribution in [0.4, 0.5) is 5.82 Å². The molecule has 3 fully saturated rings. The van der Waals surface area contributed by atoms with E-state index in [1.807, 2.05) is 42.7 Å². The predicted molar refractivity (Wildman–Crippen MR) is 134 cm³/mol. The van der Waals surface area contributed by atoms with Gasteiger partial charge in [0, 0.05) is 66.5 Å². The lowest BCUT2D eigenvalue weighted by molar-refractivity contribution is -0.132. The summed E-state index contributed by atoms with van der Waals surface area (Å²) in [4.78, 5) is 18.6. The van der Waals surface area contributed by atoms with Gasteiger partial charge in [-0.15, -0.1) is 6.42 Å². The number of rotatable bonds is 4. The maximum Gasteiger partial charge on any atom is 0.298 e. The standard InChI is InChI=1S/C27H24N8O/c1-3-26(36)34-15-18-4-6-22(34)9-24(18)32-25-7-5-17(11-29-25)23-8-19(21-13-30-33(2)14-21)16-35-27(23)20(10-28)12-31-35/h1,5,7-8,11-14,16,18,22,24H,4,6,9,15H2,2H3,(H,29,32). The predicted octanol–water partition coefficient (Wildman–Crippen LogP) is 3.09. The van der Waals surface area contributed by atoms with Gasteiger partial charge in [-0.1, -0.05) is 0 Å². The third-order valence-corrected chi connectivity index (χ3v) is 7.40. The fraction of sp³-hybridized carbons (Fsp3) is 0.296. The van der Waals surface area contributed by atoms with E-state index in [0.29, 0.717) is 18.0 Å². The van der Waals surface area contributed by atoms with E-state index in [9.17, 15) is 10.1 Å². The molecule has 3 atom stereocenters. The largest absolute Gasteiger partial charge is 0.367 e. The molecule has 1 saturated carbocycles. The number of aryl methyl sites for hydroxylation is 1. The van der Waals surface area contributed by atoms with Crippen LogP contribution in [0.25, 0.3) is 27.8 Å². The summed E-state index contributed by atoms with van der Waals surface area (Å²) in [6, 6.07) is 8.72. The zero-order valence-corrected chi connectivity index (χ0v) is 19.8. The average molecular weight is 477 g/mol. The molecule has 1 N–H and O–H groups in total. The summed E-state index contributed by atoms with van der Waals surface area (Å²) in [5, 5.41) is 21.9. The Kier molecular flexibility index (Phi) is 5.19. The molecule has 9 heteroatoms. The fourth-order valence-corrected chi connectivity index (χ4v) is 5.60. The molecule has 6 heterocycles. The van der Waals surface area contributed by atoms with E-state index in [-0.39, 0.29) is 18.0 Å². The van der Waals surface area contributed by atoms with Crippen molar-refractivity contribution in [3.8, 4) is 40.7 Å². The third kappa shape index (κ3) is 3.66. The number of carbonyl (C=O) groups excluding carboxylic acids is 1. The Balaban J connectivity index is 1.29. The Hall–Kier alpha value is -4.63. The number of carbonyl (C=O) groups is 1. The number of hydrogen-bond donors (Lipinski definition) is 1. The molecule has 178 valence electrons. The van der Waals surface area contributed by atoms with Gasteiger partial charge in [0.1, 0.15) is 11.9 Å². The quantitative estimate of drug-likeness (QED) is 0.454. The zero-order chi connectivity index (χ0) is 24.8. The summed E-state index contributed by atoms with van der Waals surface area (Å²) in [5.41, 5.74) is 4.94. The molecule has 1 aliphatic carbocycles. The highest BCUT2D eigenvalue weighted by atomic mass is 16.2. The first-order chi connectivity index (χ1) is 17.5. The Morgan fingerprint density at radius 1 is 1.14 bits per heavy atom. The van der Waals surface area contributed by atoms with Crippen LogP contribution in [0.1, 0.15) is 24.8 Å². The minimum absolute atomic E-state index is 0.185. The molecule has 9 nitrogen and oxygen atoms in total. The number of pyridine rings is 2. The van der Waals surface area contributed by atoms with E-state index >= 15 is 0 Å². The van der Waals surface area contributed by atoms with Crippen LogP contribution in [0.15, 0.2) is 49.2 Å². The topological polar surface area (TPSA) is 104 Å². The number of hydrogen-bond acceptors (Lipinski definition) is 6. The number of amides is 1. The molecule has 3 unspecified atom stereocenters. The van der Waals surface area contributed by atoms with E-state index in [2.05, 4.69) is 33.6 Å². The highest BCUT2D eigenvalue weighted by molar-refractivity contribution is 5.93. The minimum atomic E-state index is -0.206. The van der Waals surface area contributed by atoms with E-state index in [0.717, 1.165) is 52.9 Å². The van der Waals surface area contributed by atoms with Crippen LogP contribution >= 0.6 is 0 Å². The molecule has 0 spiro atoms. The van der Waals surface area contributed by atoms with Gasteiger partial charge in [-0.05, 0) is 49.3 Å². The van der Waals surface area contributed by atoms with Crippen molar-refractivity contribution in [3.05, 3.63) is 54.7 Å². The van der Waals surface area contributed by atoms with Crippen molar-refractivity contribution in [2.24, 2.45) is 13.0 Å². The molecular weight excluding hydrogens is 452 g/mol. The van der Waals surface area contributed by atoms with Gasteiger partial charge in [0.25, 0.3) is 5.91 Å². The molecule has 4 aromatic rings. The van der Waals surface area contributed by atoms with Crippen LogP contribution in [-0.2, 0) is 11.8 Å². The average Bonchev–Trinajstić information content (AvgIpc) is 3.54. The van der Waals surface area contributed by atoms with Crippen LogP contribution in [0.5, 0.6) is 0 Å². The summed E-state index contributed by atoms with van der Waals surface area (Å²) in [6.07, 6.45) is 17.4. The van der Waals surface area contributed by atoms with Crippen molar-refractivity contribution in [1.82, 2.24) is 29.3 Å². The normalized spacial score (nSPS) is 20.8. The van der Waals surface area contributed by atoms with E-state index in [1.165, 1.54) is 0 Å². The van der Waals surface area contributed by atoms with Crippen molar-refractivity contribution in [3.63, 3.8) is 0 Å². The maximum absolute atomic E-state index is 12.1. The van der Waals surface area contributed by atoms with Gasteiger partial charge in [0.05, 0.1) is 23.5 Å². The van der Waals surface area contributed by atoms with Gasteiger partial charge >= 0.3 is 0 Å². The van der Waals surface area contributed by atoms with Crippen molar-refractivity contribution in [2.45, 2.75) is 31.3 Å². The molecule has 4 aromatic heterocycles. The first-order valence-corrected chi connectivity index (χ1v) is 11.9. The molecule has 2 aliphatic heterocycles. The van der Waals surface area contributed by atoms with E-state index < -0.39 is 0 Å². The third-order valence-electron chi connectivity index (χ3n) is 7.40. The minimum Gasteiger partial charge on any atom is -0.367 e. The van der Waals surface area contributed by atoms with Crippen molar-refractivity contribution in [1.29, 1.82) is 5.26 Å². The van der Waals surface area contributed by atoms with Gasteiger partial charge < -0.3 is 10.2 Å². The Bertz CT molecular complexity index is 1550. The number of piperidine rings is 2. The molecular formula is C27H24N8O. The smallest absolute Gasteiger partial charge is 0.298 e. The summed E-state index contributed by atoms with van der Waals surface area (Å²) >= 11 is 0. The molecule has 2 bridgehead atoms. The number of fused-ring (bicyclic) bond motifs is 4. The summed E-state index contributed by atoms with van der Waals surface area (Å²) < 4.78 is 3.50. The van der Waals surface area contributed by atoms with Crippen LogP contribution in [0, 0.1) is 29.6 Å². The molecule has 3 aliphatic rings. The summed E-state index contributed by atoms with van der Waals surface area (Å²) in [5.74, 6) is 3.20. The fourth-order valence-electron chi connectivity index (χ4n) is 5.60. The zero-order valence-electron chi connectivity index (χ0n) is 19.8. The Morgan fingerprint density at radius 2 is 2.03 bits per heavy atom. The van der Waals surface area contributed by atoms with Crippen LogP contribution in [0.3, 0.4) is 0 Å². The molecule has 1 amide bonds. The van der Waals surface area contributed by atoms with Crippen molar-refractivity contribution < 1.29 is 4.79 Å². The second-order valence-electron chi connectivity index (χ2n) is 9.52. The van der Waals surface area contributed by atoms with Gasteiger partial charge in [0.15, 0.2) is 0 Å². The molecule has 0 aromatic carbocycles. The van der Waals surface area contributed by atoms with Crippen molar-refractivity contribution in [2.75, 3.05) is 11.9 Å². The van der Waals surface area contributed by atoms with Gasteiger partial charge in [-0.25, -0.2) is 9.50 Å². The molecule has 36 heavy (non-hydrogen) atoms. The lowest BCUT2D eigenvalue weighted by Gasteiger charge is -2.49. The lowest BCUT2D eigenvalue weighted by atomic mass is 9.76. The van der Waals surface area contributed by atoms with Crippen molar-refractivity contribution >= 4 is 17.2 Å². The molecule has 2 saturated heterocycles. The van der Waals surface area contributed by atoms with Gasteiger partial charge in [-0.3, -0.25) is 9.48 Å². The number of terminal acetylenes is 1. The first kappa shape index (κ1) is 21.9. The molecule has 0 radical (unpaired) electrons. The van der Waals surface area contributed by atoms with Gasteiger partial charge in [-0.2, -0.15) is 15.5 Å². The number of nitrogens with one attached hydrogen (secondary N) is 1. The van der Waals surface area contributed by atoms with Crippen LogP contribution in [0.2, 0.25) is 0 Å². The number of nitrogens with zero attached hydrogens (tertiary/aromatic N) is 7. The van der Waals surface area contributed by atoms with Crippen LogP contribution < -0.4 is 5.32 Å². The second-order valence-corrected chi connectivity index (χ2v) is 9.52. The Labute approximate surface area is 208 Å². The maximum atomic E-state index is 12.1. The van der Waals surface area contributed by atoms with E-state index in [4.69, 9.17) is 11.4 Å². The van der Waals surface area contributed by atoms with Crippen LogP contribution in [-0.4, -0.2) is 53.8 Å². The Morgan fingerprint density at radius 3 is 2.69 bits per heavy atom. The molecule has 7 rings (SSSR count). The number of nitriles is 1. The van der Waals surface area contributed by atoms with E-state index in [1.54, 1.807) is 21.6 Å². The summed E-state index contributed by atoms with van der Waals surface area (Å²) in [6.45, 7) is 0.695. The van der Waals surface area contributed by atoms with Gasteiger partial charge in [0.2, 0.25) is 0 Å². The second kappa shape index (κ2) is 8.54. The highest BCUT2D eigenvalue weighted by Gasteiger charge is 2.42. The highest BCUT2D eigenvalue weighted by Crippen LogP contribution is 2.37.